The Morgan fingerprint density at radius 3 is 1.92 bits per heavy atom. The zero-order chi connectivity index (χ0) is 8.47. The van der Waals surface area contributed by atoms with Gasteiger partial charge in [0.1, 0.15) is 0 Å². The van der Waals surface area contributed by atoms with E-state index in [1.807, 2.05) is 0 Å². The van der Waals surface area contributed by atoms with Gasteiger partial charge in [-0.05, 0) is 24.7 Å². The minimum Gasteiger partial charge on any atom is -0.346 e. The first-order valence-corrected chi connectivity index (χ1v) is 5.38. The van der Waals surface area contributed by atoms with E-state index in [1.165, 1.54) is 12.8 Å². The van der Waals surface area contributed by atoms with Crippen molar-refractivity contribution >= 4 is 0 Å². The van der Waals surface area contributed by atoms with Crippen LogP contribution in [0.25, 0.3) is 0 Å². The van der Waals surface area contributed by atoms with E-state index in [-0.39, 0.29) is 5.79 Å². The number of fused-ring (bicyclic) bond motifs is 3. The Labute approximate surface area is 77.9 Å². The van der Waals surface area contributed by atoms with Crippen LogP contribution in [0.4, 0.5) is 0 Å². The number of ether oxygens (including phenoxy) is 2. The summed E-state index contributed by atoms with van der Waals surface area (Å²) in [6.45, 7) is 1.60. The molecule has 2 nitrogen and oxygen atoms in total. The number of hydrogen-bond donors (Lipinski definition) is 0. The van der Waals surface area contributed by atoms with Crippen LogP contribution in [0.2, 0.25) is 0 Å². The molecule has 0 amide bonds. The van der Waals surface area contributed by atoms with Gasteiger partial charge in [0.25, 0.3) is 0 Å². The molecule has 2 saturated carbocycles. The summed E-state index contributed by atoms with van der Waals surface area (Å²) >= 11 is 0. The molecule has 2 heteroatoms. The van der Waals surface area contributed by atoms with Gasteiger partial charge in [0.15, 0.2) is 5.79 Å². The van der Waals surface area contributed by atoms with Gasteiger partial charge in [0.05, 0.1) is 13.2 Å². The molecule has 0 unspecified atom stereocenters. The average molecular weight is 178 g/mol. The van der Waals surface area contributed by atoms with Crippen LogP contribution in [0, 0.1) is 23.7 Å². The van der Waals surface area contributed by atoms with Crippen molar-refractivity contribution in [2.75, 3.05) is 13.2 Å². The van der Waals surface area contributed by atoms with E-state index in [9.17, 15) is 0 Å². The van der Waals surface area contributed by atoms with Crippen LogP contribution in [-0.2, 0) is 9.47 Å². The summed E-state index contributed by atoms with van der Waals surface area (Å²) in [5.41, 5.74) is 0. The average Bonchev–Trinajstić information content (AvgIpc) is 2.69. The molecule has 4 rings (SSSR count). The molecule has 13 heavy (non-hydrogen) atoms. The topological polar surface area (TPSA) is 18.5 Å². The van der Waals surface area contributed by atoms with Gasteiger partial charge in [-0.25, -0.2) is 0 Å². The van der Waals surface area contributed by atoms with Gasteiger partial charge < -0.3 is 9.47 Å². The molecule has 1 saturated heterocycles. The van der Waals surface area contributed by atoms with Crippen LogP contribution in [0.15, 0.2) is 12.2 Å². The molecular weight excluding hydrogens is 164 g/mol. The van der Waals surface area contributed by atoms with Gasteiger partial charge in [0.2, 0.25) is 0 Å². The molecule has 4 atom stereocenters. The van der Waals surface area contributed by atoms with E-state index in [0.29, 0.717) is 11.8 Å². The van der Waals surface area contributed by atoms with Crippen LogP contribution >= 0.6 is 0 Å². The Bertz CT molecular complexity index is 256. The minimum absolute atomic E-state index is 0.189. The third kappa shape index (κ3) is 0.598. The molecule has 1 spiro atoms. The van der Waals surface area contributed by atoms with Crippen molar-refractivity contribution in [1.29, 1.82) is 0 Å². The molecule has 3 fully saturated rings. The summed E-state index contributed by atoms with van der Waals surface area (Å²) in [7, 11) is 0. The van der Waals surface area contributed by atoms with Crippen molar-refractivity contribution in [2.24, 2.45) is 23.7 Å². The van der Waals surface area contributed by atoms with E-state index >= 15 is 0 Å². The lowest BCUT2D eigenvalue weighted by Crippen LogP contribution is -2.37. The molecule has 2 bridgehead atoms. The third-order valence-electron chi connectivity index (χ3n) is 4.50. The SMILES string of the molecule is C1=C[C@H]2[C@H]3CC[C@H]3[C@@H]1C21OCCO1. The molecule has 0 radical (unpaired) electrons. The minimum atomic E-state index is -0.189. The fourth-order valence-corrected chi connectivity index (χ4v) is 3.88. The van der Waals surface area contributed by atoms with Crippen molar-refractivity contribution in [1.82, 2.24) is 0 Å². The normalized spacial score (nSPS) is 54.2. The summed E-state index contributed by atoms with van der Waals surface area (Å²) in [6.07, 6.45) is 7.47. The lowest BCUT2D eigenvalue weighted by Gasteiger charge is -2.36. The Morgan fingerprint density at radius 1 is 0.923 bits per heavy atom. The van der Waals surface area contributed by atoms with Crippen LogP contribution < -0.4 is 0 Å². The maximum atomic E-state index is 5.88. The summed E-state index contributed by atoms with van der Waals surface area (Å²) < 4.78 is 11.8. The van der Waals surface area contributed by atoms with Crippen molar-refractivity contribution in [3.05, 3.63) is 12.2 Å². The predicted molar refractivity (Wildman–Crippen MR) is 47.0 cm³/mol. The largest absolute Gasteiger partial charge is 0.346 e. The van der Waals surface area contributed by atoms with Crippen molar-refractivity contribution in [3.63, 3.8) is 0 Å². The highest BCUT2D eigenvalue weighted by atomic mass is 16.7. The second kappa shape index (κ2) is 2.01. The number of rotatable bonds is 0. The van der Waals surface area contributed by atoms with E-state index in [0.717, 1.165) is 25.0 Å². The van der Waals surface area contributed by atoms with E-state index in [1.54, 1.807) is 0 Å². The van der Waals surface area contributed by atoms with Crippen LogP contribution in [0.5, 0.6) is 0 Å². The standard InChI is InChI=1S/C11H14O2/c1-2-8-7(1)9-3-4-10(8)11(9)12-5-6-13-11/h3-4,7-10H,1-2,5-6H2/t7-,8+,9-,10+. The first kappa shape index (κ1) is 7.02. The highest BCUT2D eigenvalue weighted by Gasteiger charge is 2.67. The Kier molecular flexibility index (Phi) is 1.09. The van der Waals surface area contributed by atoms with Crippen molar-refractivity contribution < 1.29 is 9.47 Å². The molecule has 4 aliphatic rings. The van der Waals surface area contributed by atoms with Crippen LogP contribution in [-0.4, -0.2) is 19.0 Å². The Balaban J connectivity index is 1.81. The monoisotopic (exact) mass is 178 g/mol. The molecule has 1 heterocycles. The molecular formula is C11H14O2. The highest BCUT2D eigenvalue weighted by Crippen LogP contribution is 2.65. The predicted octanol–water partition coefficient (Wildman–Crippen LogP) is 1.57. The zero-order valence-electron chi connectivity index (χ0n) is 7.61. The Morgan fingerprint density at radius 2 is 1.46 bits per heavy atom. The summed E-state index contributed by atoms with van der Waals surface area (Å²) in [5.74, 6) is 2.74. The molecule has 70 valence electrons. The van der Waals surface area contributed by atoms with Crippen molar-refractivity contribution in [3.8, 4) is 0 Å². The van der Waals surface area contributed by atoms with Gasteiger partial charge in [0, 0.05) is 11.8 Å². The van der Waals surface area contributed by atoms with Crippen LogP contribution in [0.3, 0.4) is 0 Å². The van der Waals surface area contributed by atoms with Crippen LogP contribution in [0.1, 0.15) is 12.8 Å². The fourth-order valence-electron chi connectivity index (χ4n) is 3.88. The van der Waals surface area contributed by atoms with E-state index in [2.05, 4.69) is 12.2 Å². The quantitative estimate of drug-likeness (QED) is 0.524. The van der Waals surface area contributed by atoms with E-state index < -0.39 is 0 Å². The molecule has 0 N–H and O–H groups in total. The van der Waals surface area contributed by atoms with Gasteiger partial charge in [-0.1, -0.05) is 12.2 Å². The summed E-state index contributed by atoms with van der Waals surface area (Å²) in [6, 6.07) is 0. The summed E-state index contributed by atoms with van der Waals surface area (Å²) in [5, 5.41) is 0. The zero-order valence-corrected chi connectivity index (χ0v) is 7.61. The maximum absolute atomic E-state index is 5.88. The smallest absolute Gasteiger partial charge is 0.181 e. The Hall–Kier alpha value is -0.340. The van der Waals surface area contributed by atoms with Gasteiger partial charge in [-0.3, -0.25) is 0 Å². The number of hydrogen-bond acceptors (Lipinski definition) is 2. The molecule has 3 aliphatic carbocycles. The van der Waals surface area contributed by atoms with E-state index in [4.69, 9.17) is 9.47 Å². The first-order valence-electron chi connectivity index (χ1n) is 5.38. The van der Waals surface area contributed by atoms with Gasteiger partial charge in [-0.15, -0.1) is 0 Å². The lowest BCUT2D eigenvalue weighted by atomic mass is 9.68. The molecule has 0 aromatic heterocycles. The second-order valence-electron chi connectivity index (χ2n) is 4.76. The lowest BCUT2D eigenvalue weighted by molar-refractivity contribution is -0.186. The fraction of sp³-hybridized carbons (Fsp3) is 0.818. The van der Waals surface area contributed by atoms with Gasteiger partial charge >= 0.3 is 0 Å². The molecule has 0 aromatic rings. The van der Waals surface area contributed by atoms with Crippen molar-refractivity contribution in [2.45, 2.75) is 18.6 Å². The highest BCUT2D eigenvalue weighted by molar-refractivity contribution is 5.25. The molecule has 0 aromatic carbocycles. The second-order valence-corrected chi connectivity index (χ2v) is 4.76. The van der Waals surface area contributed by atoms with Gasteiger partial charge in [-0.2, -0.15) is 0 Å². The third-order valence-corrected chi connectivity index (χ3v) is 4.50. The first-order chi connectivity index (χ1) is 6.42. The summed E-state index contributed by atoms with van der Waals surface area (Å²) in [4.78, 5) is 0. The maximum Gasteiger partial charge on any atom is 0.181 e. The molecule has 1 aliphatic heterocycles.